The number of pyridine rings is 1. The van der Waals surface area contributed by atoms with E-state index in [-0.39, 0.29) is 11.7 Å². The molecule has 0 atom stereocenters. The summed E-state index contributed by atoms with van der Waals surface area (Å²) in [7, 11) is 0. The van der Waals surface area contributed by atoms with Crippen LogP contribution in [0.1, 0.15) is 25.5 Å². The van der Waals surface area contributed by atoms with Gasteiger partial charge in [0.2, 0.25) is 5.91 Å². The molecule has 4 heteroatoms. The Labute approximate surface area is 111 Å². The van der Waals surface area contributed by atoms with E-state index in [1.807, 2.05) is 19.1 Å². The van der Waals surface area contributed by atoms with E-state index in [2.05, 4.69) is 10.3 Å². The van der Waals surface area contributed by atoms with Crippen molar-refractivity contribution in [2.24, 2.45) is 0 Å². The predicted molar refractivity (Wildman–Crippen MR) is 73.3 cm³/mol. The number of carbonyl (C=O) groups is 1. The van der Waals surface area contributed by atoms with E-state index in [0.29, 0.717) is 24.9 Å². The normalized spacial score (nSPS) is 10.6. The molecule has 0 unspecified atom stereocenters. The molecule has 1 N–H and O–H groups in total. The number of fused-ring (bicyclic) bond motifs is 1. The van der Waals surface area contributed by atoms with E-state index in [0.717, 1.165) is 17.5 Å². The summed E-state index contributed by atoms with van der Waals surface area (Å²) >= 11 is 0. The number of amides is 1. The van der Waals surface area contributed by atoms with E-state index >= 15 is 0 Å². The Morgan fingerprint density at radius 3 is 2.89 bits per heavy atom. The number of hydrogen-bond donors (Lipinski definition) is 1. The first-order valence-electron chi connectivity index (χ1n) is 6.51. The Bertz CT molecular complexity index is 583. The summed E-state index contributed by atoms with van der Waals surface area (Å²) in [5, 5.41) is 3.73. The highest BCUT2D eigenvalue weighted by molar-refractivity contribution is 5.79. The van der Waals surface area contributed by atoms with Crippen LogP contribution in [0.3, 0.4) is 0 Å². The minimum Gasteiger partial charge on any atom is -0.356 e. The lowest BCUT2D eigenvalue weighted by molar-refractivity contribution is -0.121. The highest BCUT2D eigenvalue weighted by Crippen LogP contribution is 2.14. The van der Waals surface area contributed by atoms with Gasteiger partial charge < -0.3 is 5.32 Å². The average molecular weight is 260 g/mol. The second-order valence-electron chi connectivity index (χ2n) is 4.49. The number of benzene rings is 1. The van der Waals surface area contributed by atoms with Gasteiger partial charge in [-0.2, -0.15) is 0 Å². The van der Waals surface area contributed by atoms with Gasteiger partial charge in [-0.05, 0) is 31.0 Å². The number of nitrogens with zero attached hydrogens (tertiary/aromatic N) is 1. The maximum absolute atomic E-state index is 13.1. The summed E-state index contributed by atoms with van der Waals surface area (Å²) in [6.45, 7) is 2.72. The summed E-state index contributed by atoms with van der Waals surface area (Å²) in [5.41, 5.74) is 1.44. The van der Waals surface area contributed by atoms with Crippen molar-refractivity contribution in [2.75, 3.05) is 6.54 Å². The molecule has 0 saturated carbocycles. The molecule has 1 heterocycles. The molecular formula is C15H17FN2O. The smallest absolute Gasteiger partial charge is 0.220 e. The first kappa shape index (κ1) is 13.5. The third-order valence-corrected chi connectivity index (χ3v) is 2.89. The molecule has 0 bridgehead atoms. The van der Waals surface area contributed by atoms with Gasteiger partial charge >= 0.3 is 0 Å². The molecule has 0 spiro atoms. The number of halogens is 1. The molecule has 2 aromatic rings. The second-order valence-corrected chi connectivity index (χ2v) is 4.49. The van der Waals surface area contributed by atoms with Crippen molar-refractivity contribution in [1.29, 1.82) is 0 Å². The fourth-order valence-corrected chi connectivity index (χ4v) is 1.87. The molecular weight excluding hydrogens is 243 g/mol. The fourth-order valence-electron chi connectivity index (χ4n) is 1.87. The van der Waals surface area contributed by atoms with Crippen LogP contribution in [0.15, 0.2) is 30.3 Å². The van der Waals surface area contributed by atoms with Crippen molar-refractivity contribution in [3.05, 3.63) is 41.8 Å². The standard InChI is InChI=1S/C15H17FN2O/c1-2-9-17-15(19)8-7-13-6-4-11-3-5-12(16)10-14(11)18-13/h3-6,10H,2,7-9H2,1H3,(H,17,19). The van der Waals surface area contributed by atoms with Crippen LogP contribution < -0.4 is 5.32 Å². The number of aromatic nitrogens is 1. The molecule has 0 saturated heterocycles. The van der Waals surface area contributed by atoms with Gasteiger partial charge in [-0.1, -0.05) is 13.0 Å². The molecule has 2 rings (SSSR count). The molecule has 1 aromatic heterocycles. The zero-order valence-corrected chi connectivity index (χ0v) is 10.9. The second kappa shape index (κ2) is 6.27. The Morgan fingerprint density at radius 2 is 2.11 bits per heavy atom. The SMILES string of the molecule is CCCNC(=O)CCc1ccc2ccc(F)cc2n1. The van der Waals surface area contributed by atoms with E-state index in [9.17, 15) is 9.18 Å². The number of nitrogens with one attached hydrogen (secondary N) is 1. The van der Waals surface area contributed by atoms with Crippen LogP contribution in [0, 0.1) is 5.82 Å². The monoisotopic (exact) mass is 260 g/mol. The summed E-state index contributed by atoms with van der Waals surface area (Å²) in [5.74, 6) is -0.263. The summed E-state index contributed by atoms with van der Waals surface area (Å²) in [6, 6.07) is 8.32. The van der Waals surface area contributed by atoms with E-state index in [1.165, 1.54) is 12.1 Å². The molecule has 0 aliphatic carbocycles. The maximum atomic E-state index is 13.1. The Hall–Kier alpha value is -1.97. The lowest BCUT2D eigenvalue weighted by Crippen LogP contribution is -2.24. The molecule has 1 aromatic carbocycles. The van der Waals surface area contributed by atoms with Gasteiger partial charge in [0.25, 0.3) is 0 Å². The summed E-state index contributed by atoms with van der Waals surface area (Å²) in [4.78, 5) is 15.9. The third kappa shape index (κ3) is 3.74. The average Bonchev–Trinajstić information content (AvgIpc) is 2.42. The summed E-state index contributed by atoms with van der Waals surface area (Å²) in [6.07, 6.45) is 1.91. The van der Waals surface area contributed by atoms with Gasteiger partial charge in [-0.25, -0.2) is 4.39 Å². The molecule has 1 amide bonds. The zero-order chi connectivity index (χ0) is 13.7. The molecule has 19 heavy (non-hydrogen) atoms. The summed E-state index contributed by atoms with van der Waals surface area (Å²) < 4.78 is 13.1. The van der Waals surface area contributed by atoms with Gasteiger partial charge in [0, 0.05) is 30.1 Å². The Balaban J connectivity index is 2.03. The lowest BCUT2D eigenvalue weighted by Gasteiger charge is -2.04. The van der Waals surface area contributed by atoms with E-state index < -0.39 is 0 Å². The molecule has 0 radical (unpaired) electrons. The van der Waals surface area contributed by atoms with Crippen LogP contribution in [-0.4, -0.2) is 17.4 Å². The van der Waals surface area contributed by atoms with Gasteiger partial charge in [0.15, 0.2) is 0 Å². The minimum atomic E-state index is -0.294. The van der Waals surface area contributed by atoms with Crippen LogP contribution >= 0.6 is 0 Å². The van der Waals surface area contributed by atoms with Crippen LogP contribution in [0.5, 0.6) is 0 Å². The van der Waals surface area contributed by atoms with Crippen molar-refractivity contribution in [3.8, 4) is 0 Å². The first-order chi connectivity index (χ1) is 9.19. The van der Waals surface area contributed by atoms with Crippen molar-refractivity contribution in [2.45, 2.75) is 26.2 Å². The van der Waals surface area contributed by atoms with Crippen molar-refractivity contribution < 1.29 is 9.18 Å². The van der Waals surface area contributed by atoms with Crippen molar-refractivity contribution in [1.82, 2.24) is 10.3 Å². The molecule has 0 aliphatic heterocycles. The van der Waals surface area contributed by atoms with Gasteiger partial charge in [0.1, 0.15) is 5.82 Å². The van der Waals surface area contributed by atoms with E-state index in [4.69, 9.17) is 0 Å². The maximum Gasteiger partial charge on any atom is 0.220 e. The predicted octanol–water partition coefficient (Wildman–Crippen LogP) is 2.83. The Kier molecular flexibility index (Phi) is 4.44. The quantitative estimate of drug-likeness (QED) is 0.898. The molecule has 100 valence electrons. The number of hydrogen-bond acceptors (Lipinski definition) is 2. The van der Waals surface area contributed by atoms with Gasteiger partial charge in [-0.15, -0.1) is 0 Å². The van der Waals surface area contributed by atoms with Gasteiger partial charge in [-0.3, -0.25) is 9.78 Å². The molecule has 0 aliphatic rings. The molecule has 0 fully saturated rings. The van der Waals surface area contributed by atoms with Crippen LogP contribution in [0.2, 0.25) is 0 Å². The fraction of sp³-hybridized carbons (Fsp3) is 0.333. The van der Waals surface area contributed by atoms with Crippen LogP contribution in [0.4, 0.5) is 4.39 Å². The third-order valence-electron chi connectivity index (χ3n) is 2.89. The largest absolute Gasteiger partial charge is 0.356 e. The van der Waals surface area contributed by atoms with Gasteiger partial charge in [0.05, 0.1) is 5.52 Å². The topological polar surface area (TPSA) is 42.0 Å². The Morgan fingerprint density at radius 1 is 1.32 bits per heavy atom. The van der Waals surface area contributed by atoms with E-state index in [1.54, 1.807) is 6.07 Å². The highest BCUT2D eigenvalue weighted by atomic mass is 19.1. The molecule has 3 nitrogen and oxygen atoms in total. The van der Waals surface area contributed by atoms with Crippen LogP contribution in [-0.2, 0) is 11.2 Å². The van der Waals surface area contributed by atoms with Crippen molar-refractivity contribution >= 4 is 16.8 Å². The van der Waals surface area contributed by atoms with Crippen LogP contribution in [0.25, 0.3) is 10.9 Å². The lowest BCUT2D eigenvalue weighted by atomic mass is 10.1. The number of carbonyl (C=O) groups excluding carboxylic acids is 1. The first-order valence-corrected chi connectivity index (χ1v) is 6.51. The zero-order valence-electron chi connectivity index (χ0n) is 10.9. The number of aryl methyl sites for hydroxylation is 1. The minimum absolute atomic E-state index is 0.0305. The number of rotatable bonds is 5. The van der Waals surface area contributed by atoms with Crippen molar-refractivity contribution in [3.63, 3.8) is 0 Å². The highest BCUT2D eigenvalue weighted by Gasteiger charge is 2.04.